The third-order valence-electron chi connectivity index (χ3n) is 12.7. The molecule has 3 atom stereocenters. The smallest absolute Gasteiger partial charge is 0.222 e. The van der Waals surface area contributed by atoms with Gasteiger partial charge in [0.2, 0.25) is 5.91 Å². The van der Waals surface area contributed by atoms with Crippen LogP contribution in [0.25, 0.3) is 0 Å². The van der Waals surface area contributed by atoms with E-state index in [4.69, 9.17) is 0 Å². The van der Waals surface area contributed by atoms with Crippen molar-refractivity contribution in [2.24, 2.45) is 0 Å². The molecule has 0 aromatic heterocycles. The van der Waals surface area contributed by atoms with Crippen molar-refractivity contribution in [3.8, 4) is 0 Å². The van der Waals surface area contributed by atoms with Crippen LogP contribution >= 0.6 is 0 Å². The first kappa shape index (κ1) is 59.6. The highest BCUT2D eigenvalue weighted by Gasteiger charge is 2.20. The second kappa shape index (κ2) is 51.2. The molecule has 0 spiro atoms. The Bertz CT molecular complexity index is 947. The predicted molar refractivity (Wildman–Crippen MR) is 268 cm³/mol. The number of hydrogen-bond acceptors (Lipinski definition) is 4. The van der Waals surface area contributed by atoms with Gasteiger partial charge >= 0.3 is 0 Å². The molecule has 0 radical (unpaired) electrons. The molecule has 0 rings (SSSR count). The minimum Gasteiger partial charge on any atom is -0.394 e. The number of hydrogen-bond donors (Lipinski definition) is 4. The Balaban J connectivity index is 3.59. The second-order valence-electron chi connectivity index (χ2n) is 18.8. The van der Waals surface area contributed by atoms with Gasteiger partial charge in [-0.25, -0.2) is 0 Å². The Morgan fingerprint density at radius 1 is 0.410 bits per heavy atom. The van der Waals surface area contributed by atoms with Crippen LogP contribution in [-0.4, -0.2) is 46.1 Å². The zero-order valence-electron chi connectivity index (χ0n) is 41.1. The first-order chi connectivity index (χ1) is 30.0. The average Bonchev–Trinajstić information content (AvgIpc) is 3.25. The normalized spacial score (nSPS) is 13.6. The number of allylic oxidation sites excluding steroid dienone is 5. The zero-order valence-corrected chi connectivity index (χ0v) is 41.1. The highest BCUT2D eigenvalue weighted by atomic mass is 16.3. The van der Waals surface area contributed by atoms with Gasteiger partial charge in [0.25, 0.3) is 0 Å². The van der Waals surface area contributed by atoms with E-state index in [0.29, 0.717) is 6.42 Å². The molecule has 61 heavy (non-hydrogen) atoms. The van der Waals surface area contributed by atoms with E-state index >= 15 is 0 Å². The number of aliphatic hydroxyl groups is 3. The second-order valence-corrected chi connectivity index (χ2v) is 18.8. The molecule has 0 aliphatic rings. The Kier molecular flexibility index (Phi) is 50.0. The maximum Gasteiger partial charge on any atom is 0.222 e. The molecule has 4 N–H and O–H groups in total. The van der Waals surface area contributed by atoms with Gasteiger partial charge in [0.15, 0.2) is 0 Å². The minimum atomic E-state index is -0.959. The van der Waals surface area contributed by atoms with Gasteiger partial charge in [0, 0.05) is 0 Å². The maximum absolute atomic E-state index is 12.5. The molecule has 3 unspecified atom stereocenters. The van der Waals surface area contributed by atoms with Gasteiger partial charge < -0.3 is 20.6 Å². The summed E-state index contributed by atoms with van der Waals surface area (Å²) in [5.41, 5.74) is 0. The molecule has 0 aliphatic heterocycles. The van der Waals surface area contributed by atoms with Gasteiger partial charge in [-0.05, 0) is 44.9 Å². The van der Waals surface area contributed by atoms with Crippen LogP contribution in [-0.2, 0) is 4.79 Å². The van der Waals surface area contributed by atoms with E-state index in [1.54, 1.807) is 6.08 Å². The summed E-state index contributed by atoms with van der Waals surface area (Å²) in [5.74, 6) is -0.325. The van der Waals surface area contributed by atoms with E-state index < -0.39 is 18.2 Å². The summed E-state index contributed by atoms with van der Waals surface area (Å²) in [6.45, 7) is 4.22. The van der Waals surface area contributed by atoms with Gasteiger partial charge in [-0.15, -0.1) is 0 Å². The third-order valence-corrected chi connectivity index (χ3v) is 12.7. The van der Waals surface area contributed by atoms with Crippen LogP contribution in [0, 0.1) is 0 Å². The highest BCUT2D eigenvalue weighted by Crippen LogP contribution is 2.17. The van der Waals surface area contributed by atoms with Gasteiger partial charge in [0.05, 0.1) is 31.3 Å². The number of aliphatic hydroxyl groups excluding tert-OH is 3. The molecular formula is C56H107NO4. The van der Waals surface area contributed by atoms with Gasteiger partial charge in [-0.2, -0.15) is 0 Å². The van der Waals surface area contributed by atoms with Crippen LogP contribution in [0.2, 0.25) is 0 Å². The van der Waals surface area contributed by atoms with Crippen LogP contribution in [0.5, 0.6) is 0 Å². The summed E-state index contributed by atoms with van der Waals surface area (Å²) in [6, 6.07) is -0.766. The Hall–Kier alpha value is -1.43. The van der Waals surface area contributed by atoms with Gasteiger partial charge in [-0.3, -0.25) is 4.79 Å². The summed E-state index contributed by atoms with van der Waals surface area (Å²) in [4.78, 5) is 12.5. The molecule has 5 nitrogen and oxygen atoms in total. The van der Waals surface area contributed by atoms with Crippen LogP contribution in [0.3, 0.4) is 0 Å². The fourth-order valence-electron chi connectivity index (χ4n) is 8.49. The zero-order chi connectivity index (χ0) is 44.4. The molecule has 0 aromatic rings. The number of nitrogens with one attached hydrogen (secondary N) is 1. The monoisotopic (exact) mass is 858 g/mol. The molecule has 0 saturated carbocycles. The quantitative estimate of drug-likeness (QED) is 0.0362. The number of unbranched alkanes of at least 4 members (excludes halogenated alkanes) is 37. The van der Waals surface area contributed by atoms with E-state index in [9.17, 15) is 20.1 Å². The number of carbonyl (C=O) groups is 1. The van der Waals surface area contributed by atoms with Crippen molar-refractivity contribution in [3.05, 3.63) is 36.5 Å². The Labute approximate surface area is 381 Å². The van der Waals surface area contributed by atoms with Crippen LogP contribution in [0.1, 0.15) is 290 Å². The summed E-state index contributed by atoms with van der Waals surface area (Å²) < 4.78 is 0. The lowest BCUT2D eigenvalue weighted by Crippen LogP contribution is -2.45. The lowest BCUT2D eigenvalue weighted by atomic mass is 10.0. The molecule has 5 heteroatoms. The first-order valence-electron chi connectivity index (χ1n) is 27.3. The molecule has 0 saturated heterocycles. The van der Waals surface area contributed by atoms with Crippen molar-refractivity contribution < 1.29 is 20.1 Å². The number of carbonyl (C=O) groups excluding carboxylic acids is 1. The topological polar surface area (TPSA) is 89.8 Å². The van der Waals surface area contributed by atoms with Crippen molar-refractivity contribution in [3.63, 3.8) is 0 Å². The highest BCUT2D eigenvalue weighted by molar-refractivity contribution is 5.76. The van der Waals surface area contributed by atoms with E-state index in [1.807, 2.05) is 6.08 Å². The van der Waals surface area contributed by atoms with Crippen LogP contribution < -0.4 is 5.32 Å². The van der Waals surface area contributed by atoms with Gasteiger partial charge in [-0.1, -0.05) is 275 Å². The summed E-state index contributed by atoms with van der Waals surface area (Å²) >= 11 is 0. The van der Waals surface area contributed by atoms with Crippen molar-refractivity contribution in [2.75, 3.05) is 6.61 Å². The van der Waals surface area contributed by atoms with E-state index in [1.165, 1.54) is 225 Å². The molecule has 0 aromatic carbocycles. The van der Waals surface area contributed by atoms with E-state index in [0.717, 1.165) is 38.5 Å². The predicted octanol–water partition coefficient (Wildman–Crippen LogP) is 16.7. The number of amides is 1. The standard InChI is InChI=1S/C56H107NO4/c1-3-5-7-9-11-13-15-17-19-21-23-24-25-26-27-28-29-30-32-33-35-37-39-41-43-45-47-49-53(59)51-56(61)57-54(52-58)55(60)50-48-46-44-42-40-38-36-34-31-22-20-18-16-14-12-10-8-6-4-2/h31,34,40,42,48,50,53-55,58-60H,3-30,32-33,35-39,41,43-47,49,51-52H2,1-2H3,(H,57,61)/b34-31+,42-40+,50-48+. The summed E-state index contributed by atoms with van der Waals surface area (Å²) in [6.07, 6.45) is 66.2. The molecular weight excluding hydrogens is 751 g/mol. The van der Waals surface area contributed by atoms with Crippen molar-refractivity contribution in [1.82, 2.24) is 5.32 Å². The SMILES string of the molecule is CCCCCCCCCCC/C=C/CC/C=C/CC/C=C/C(O)C(CO)NC(=O)CC(O)CCCCCCCCCCCCCCCCCCCCCCCCCCCCC. The summed E-state index contributed by atoms with van der Waals surface area (Å²) in [7, 11) is 0. The number of rotatable bonds is 50. The summed E-state index contributed by atoms with van der Waals surface area (Å²) in [5, 5.41) is 33.4. The fraction of sp³-hybridized carbons (Fsp3) is 0.875. The molecule has 0 aliphatic carbocycles. The third kappa shape index (κ3) is 47.9. The van der Waals surface area contributed by atoms with Gasteiger partial charge in [0.1, 0.15) is 0 Å². The molecule has 0 heterocycles. The minimum absolute atomic E-state index is 0.00560. The molecule has 0 bridgehead atoms. The lowest BCUT2D eigenvalue weighted by molar-refractivity contribution is -0.124. The van der Waals surface area contributed by atoms with E-state index in [-0.39, 0.29) is 18.9 Å². The van der Waals surface area contributed by atoms with Crippen molar-refractivity contribution in [2.45, 2.75) is 308 Å². The molecule has 360 valence electrons. The maximum atomic E-state index is 12.5. The van der Waals surface area contributed by atoms with Crippen molar-refractivity contribution in [1.29, 1.82) is 0 Å². The Morgan fingerprint density at radius 3 is 1.05 bits per heavy atom. The first-order valence-corrected chi connectivity index (χ1v) is 27.3. The lowest BCUT2D eigenvalue weighted by Gasteiger charge is -2.21. The van der Waals surface area contributed by atoms with Crippen LogP contribution in [0.4, 0.5) is 0 Å². The average molecular weight is 858 g/mol. The van der Waals surface area contributed by atoms with Crippen LogP contribution in [0.15, 0.2) is 36.5 Å². The molecule has 1 amide bonds. The fourth-order valence-corrected chi connectivity index (χ4v) is 8.49. The molecule has 0 fully saturated rings. The Morgan fingerprint density at radius 2 is 0.705 bits per heavy atom. The largest absolute Gasteiger partial charge is 0.394 e. The van der Waals surface area contributed by atoms with E-state index in [2.05, 4.69) is 43.5 Å². The van der Waals surface area contributed by atoms with Crippen molar-refractivity contribution >= 4 is 5.91 Å².